The summed E-state index contributed by atoms with van der Waals surface area (Å²) in [6.07, 6.45) is 0. The number of hydrogen-bond acceptors (Lipinski definition) is 3. The second kappa shape index (κ2) is 6.04. The SMILES string of the molecule is Cc1cc(Cl)c(S(=O)(=O)Nc2ccc(Br)cc2Cl)cc1N. The molecule has 21 heavy (non-hydrogen) atoms. The van der Waals surface area contributed by atoms with Gasteiger partial charge in [-0.25, -0.2) is 8.42 Å². The third-order valence-corrected chi connectivity index (χ3v) is 5.42. The zero-order valence-electron chi connectivity index (χ0n) is 10.8. The molecule has 0 bridgehead atoms. The normalized spacial score (nSPS) is 11.4. The first-order chi connectivity index (χ1) is 9.70. The standard InChI is InChI=1S/C13H11BrCl2N2O2S/c1-7-4-10(16)13(6-11(7)17)21(19,20)18-12-3-2-8(14)5-9(12)15/h2-6,18H,17H2,1H3. The first kappa shape index (κ1) is 16.4. The van der Waals surface area contributed by atoms with Crippen LogP contribution in [0.1, 0.15) is 5.56 Å². The molecule has 8 heteroatoms. The highest BCUT2D eigenvalue weighted by Gasteiger charge is 2.20. The summed E-state index contributed by atoms with van der Waals surface area (Å²) in [4.78, 5) is -0.0914. The molecule has 4 nitrogen and oxygen atoms in total. The summed E-state index contributed by atoms with van der Waals surface area (Å²) in [7, 11) is -3.88. The number of nitrogens with one attached hydrogen (secondary N) is 1. The number of hydrogen-bond donors (Lipinski definition) is 2. The van der Waals surface area contributed by atoms with Crippen LogP contribution < -0.4 is 10.5 Å². The lowest BCUT2D eigenvalue weighted by Gasteiger charge is -2.12. The van der Waals surface area contributed by atoms with Crippen molar-refractivity contribution in [1.29, 1.82) is 0 Å². The number of nitrogen functional groups attached to an aromatic ring is 1. The monoisotopic (exact) mass is 408 g/mol. The first-order valence-electron chi connectivity index (χ1n) is 5.74. The fraction of sp³-hybridized carbons (Fsp3) is 0.0769. The molecule has 0 aliphatic heterocycles. The van der Waals surface area contributed by atoms with E-state index in [1.807, 2.05) is 0 Å². The van der Waals surface area contributed by atoms with Gasteiger partial charge in [-0.15, -0.1) is 0 Å². The summed E-state index contributed by atoms with van der Waals surface area (Å²) in [5.41, 5.74) is 7.06. The molecule has 0 heterocycles. The van der Waals surface area contributed by atoms with Gasteiger partial charge in [-0.3, -0.25) is 4.72 Å². The Morgan fingerprint density at radius 3 is 2.43 bits per heavy atom. The number of halogens is 3. The topological polar surface area (TPSA) is 72.2 Å². The highest BCUT2D eigenvalue weighted by Crippen LogP contribution is 2.31. The van der Waals surface area contributed by atoms with Crippen molar-refractivity contribution >= 4 is 60.5 Å². The molecule has 2 aromatic rings. The molecule has 2 aromatic carbocycles. The van der Waals surface area contributed by atoms with Crippen LogP contribution >= 0.6 is 39.1 Å². The number of aryl methyl sites for hydroxylation is 1. The molecule has 0 spiro atoms. The maximum Gasteiger partial charge on any atom is 0.263 e. The maximum absolute atomic E-state index is 12.4. The van der Waals surface area contributed by atoms with Gasteiger partial charge in [-0.1, -0.05) is 39.1 Å². The molecular weight excluding hydrogens is 399 g/mol. The lowest BCUT2D eigenvalue weighted by atomic mass is 10.2. The van der Waals surface area contributed by atoms with E-state index in [0.29, 0.717) is 11.3 Å². The van der Waals surface area contributed by atoms with Gasteiger partial charge < -0.3 is 5.73 Å². The van der Waals surface area contributed by atoms with Gasteiger partial charge in [-0.2, -0.15) is 0 Å². The zero-order chi connectivity index (χ0) is 15.8. The molecule has 0 saturated heterocycles. The second-order valence-corrected chi connectivity index (χ2v) is 7.75. The van der Waals surface area contributed by atoms with Crippen molar-refractivity contribution in [1.82, 2.24) is 0 Å². The Balaban J connectivity index is 2.46. The van der Waals surface area contributed by atoms with Crippen LogP contribution in [0.4, 0.5) is 11.4 Å². The highest BCUT2D eigenvalue weighted by molar-refractivity contribution is 9.10. The molecule has 0 atom stereocenters. The minimum Gasteiger partial charge on any atom is -0.398 e. The smallest absolute Gasteiger partial charge is 0.263 e. The average Bonchev–Trinajstić information content (AvgIpc) is 2.37. The fourth-order valence-electron chi connectivity index (χ4n) is 1.65. The van der Waals surface area contributed by atoms with E-state index in [4.69, 9.17) is 28.9 Å². The van der Waals surface area contributed by atoms with E-state index in [2.05, 4.69) is 20.7 Å². The van der Waals surface area contributed by atoms with Gasteiger partial charge in [0.05, 0.1) is 15.7 Å². The minimum atomic E-state index is -3.88. The van der Waals surface area contributed by atoms with Gasteiger partial charge in [0.1, 0.15) is 4.90 Å². The average molecular weight is 410 g/mol. The third kappa shape index (κ3) is 3.63. The van der Waals surface area contributed by atoms with Crippen LogP contribution in [0.3, 0.4) is 0 Å². The summed E-state index contributed by atoms with van der Waals surface area (Å²) < 4.78 is 27.9. The van der Waals surface area contributed by atoms with Crippen LogP contribution in [0.15, 0.2) is 39.7 Å². The van der Waals surface area contributed by atoms with Gasteiger partial charge in [0.2, 0.25) is 0 Å². The molecule has 0 radical (unpaired) electrons. The molecule has 0 amide bonds. The Morgan fingerprint density at radius 1 is 1.14 bits per heavy atom. The van der Waals surface area contributed by atoms with E-state index in [9.17, 15) is 8.42 Å². The Labute approximate surface area is 141 Å². The van der Waals surface area contributed by atoms with E-state index < -0.39 is 10.0 Å². The van der Waals surface area contributed by atoms with Crippen molar-refractivity contribution in [2.45, 2.75) is 11.8 Å². The molecule has 0 aliphatic carbocycles. The van der Waals surface area contributed by atoms with Crippen molar-refractivity contribution in [3.8, 4) is 0 Å². The van der Waals surface area contributed by atoms with Crippen LogP contribution in [-0.2, 0) is 10.0 Å². The molecule has 0 aliphatic rings. The van der Waals surface area contributed by atoms with Gasteiger partial charge in [0, 0.05) is 10.2 Å². The number of rotatable bonds is 3. The predicted molar refractivity (Wildman–Crippen MR) is 90.6 cm³/mol. The van der Waals surface area contributed by atoms with Crippen LogP contribution in [-0.4, -0.2) is 8.42 Å². The van der Waals surface area contributed by atoms with Gasteiger partial charge in [0.15, 0.2) is 0 Å². The minimum absolute atomic E-state index is 0.0914. The van der Waals surface area contributed by atoms with Crippen LogP contribution in [0.25, 0.3) is 0 Å². The number of nitrogens with two attached hydrogens (primary N) is 1. The van der Waals surface area contributed by atoms with Gasteiger partial charge in [0.25, 0.3) is 10.0 Å². The van der Waals surface area contributed by atoms with Crippen molar-refractivity contribution in [3.63, 3.8) is 0 Å². The van der Waals surface area contributed by atoms with Crippen LogP contribution in [0.2, 0.25) is 10.0 Å². The number of anilines is 2. The highest BCUT2D eigenvalue weighted by atomic mass is 79.9. The van der Waals surface area contributed by atoms with Crippen molar-refractivity contribution < 1.29 is 8.42 Å². The van der Waals surface area contributed by atoms with E-state index in [1.165, 1.54) is 12.1 Å². The van der Waals surface area contributed by atoms with E-state index in [-0.39, 0.29) is 20.6 Å². The van der Waals surface area contributed by atoms with Gasteiger partial charge >= 0.3 is 0 Å². The lowest BCUT2D eigenvalue weighted by Crippen LogP contribution is -2.14. The first-order valence-corrected chi connectivity index (χ1v) is 8.77. The maximum atomic E-state index is 12.4. The van der Waals surface area contributed by atoms with Gasteiger partial charge in [-0.05, 0) is 42.8 Å². The Hall–Kier alpha value is -0.950. The molecule has 2 rings (SSSR count). The second-order valence-electron chi connectivity index (χ2n) is 4.37. The van der Waals surface area contributed by atoms with Crippen LogP contribution in [0, 0.1) is 6.92 Å². The predicted octanol–water partition coefficient (Wildman–Crippen LogP) is 4.45. The third-order valence-electron chi connectivity index (χ3n) is 2.79. The molecule has 0 fully saturated rings. The van der Waals surface area contributed by atoms with Crippen molar-refractivity contribution in [3.05, 3.63) is 50.4 Å². The van der Waals surface area contributed by atoms with Crippen molar-refractivity contribution in [2.24, 2.45) is 0 Å². The fourth-order valence-corrected chi connectivity index (χ4v) is 4.12. The quantitative estimate of drug-likeness (QED) is 0.735. The number of benzene rings is 2. The molecule has 112 valence electrons. The molecule has 3 N–H and O–H groups in total. The van der Waals surface area contributed by atoms with E-state index in [1.54, 1.807) is 25.1 Å². The lowest BCUT2D eigenvalue weighted by molar-refractivity contribution is 0.601. The molecule has 0 saturated carbocycles. The van der Waals surface area contributed by atoms with Crippen LogP contribution in [0.5, 0.6) is 0 Å². The summed E-state index contributed by atoms with van der Waals surface area (Å²) in [5.74, 6) is 0. The summed E-state index contributed by atoms with van der Waals surface area (Å²) in [6.45, 7) is 1.75. The van der Waals surface area contributed by atoms with Crippen molar-refractivity contribution in [2.75, 3.05) is 10.5 Å². The summed E-state index contributed by atoms with van der Waals surface area (Å²) >= 11 is 15.3. The largest absolute Gasteiger partial charge is 0.398 e. The Morgan fingerprint density at radius 2 is 1.81 bits per heavy atom. The molecule has 0 aromatic heterocycles. The zero-order valence-corrected chi connectivity index (χ0v) is 14.7. The summed E-state index contributed by atoms with van der Waals surface area (Å²) in [5, 5.41) is 0.367. The molecular formula is C13H11BrCl2N2O2S. The van der Waals surface area contributed by atoms with E-state index >= 15 is 0 Å². The number of sulfonamides is 1. The summed E-state index contributed by atoms with van der Waals surface area (Å²) in [6, 6.07) is 7.65. The Kier molecular flexibility index (Phi) is 4.72. The van der Waals surface area contributed by atoms with E-state index in [0.717, 1.165) is 4.47 Å². The molecule has 0 unspecified atom stereocenters. The Bertz CT molecular complexity index is 810.